The average Bonchev–Trinajstić information content (AvgIpc) is 2.36. The lowest BCUT2D eigenvalue weighted by molar-refractivity contribution is 0.191. The minimum absolute atomic E-state index is 0.0965. The Labute approximate surface area is 110 Å². The minimum atomic E-state index is -0.624. The summed E-state index contributed by atoms with van der Waals surface area (Å²) >= 11 is 5.75. The summed E-state index contributed by atoms with van der Waals surface area (Å²) in [5.74, 6) is 0.585. The van der Waals surface area contributed by atoms with Crippen LogP contribution < -0.4 is 11.1 Å². The summed E-state index contributed by atoms with van der Waals surface area (Å²) in [6.07, 6.45) is -0.624. The van der Waals surface area contributed by atoms with Gasteiger partial charge in [0.15, 0.2) is 0 Å². The van der Waals surface area contributed by atoms with Gasteiger partial charge in [0.2, 0.25) is 5.95 Å². The molecule has 94 valence electrons. The molecule has 0 aliphatic rings. The summed E-state index contributed by atoms with van der Waals surface area (Å²) in [6.45, 7) is 0.316. The second-order valence-electron chi connectivity index (χ2n) is 3.74. The highest BCUT2D eigenvalue weighted by atomic mass is 35.5. The predicted molar refractivity (Wildman–Crippen MR) is 71.3 cm³/mol. The van der Waals surface area contributed by atoms with Gasteiger partial charge in [-0.05, 0) is 5.56 Å². The summed E-state index contributed by atoms with van der Waals surface area (Å²) in [5.41, 5.74) is 6.30. The Morgan fingerprint density at radius 3 is 2.67 bits per heavy atom. The zero-order valence-corrected chi connectivity index (χ0v) is 10.3. The van der Waals surface area contributed by atoms with Gasteiger partial charge in [0.05, 0.1) is 6.10 Å². The highest BCUT2D eigenvalue weighted by molar-refractivity contribution is 6.29. The smallest absolute Gasteiger partial charge is 0.223 e. The molecule has 2 aromatic rings. The quantitative estimate of drug-likeness (QED) is 0.734. The lowest BCUT2D eigenvalue weighted by atomic mass is 10.1. The van der Waals surface area contributed by atoms with Gasteiger partial charge in [0, 0.05) is 12.6 Å². The highest BCUT2D eigenvalue weighted by Crippen LogP contribution is 2.15. The first-order valence-electron chi connectivity index (χ1n) is 5.42. The molecule has 0 aliphatic carbocycles. The van der Waals surface area contributed by atoms with Crippen LogP contribution in [0.15, 0.2) is 36.4 Å². The van der Waals surface area contributed by atoms with Crippen LogP contribution in [0.1, 0.15) is 11.7 Å². The van der Waals surface area contributed by atoms with Crippen LogP contribution >= 0.6 is 11.6 Å². The van der Waals surface area contributed by atoms with E-state index in [0.29, 0.717) is 12.4 Å². The number of aliphatic hydroxyl groups is 1. The summed E-state index contributed by atoms with van der Waals surface area (Å²) in [6, 6.07) is 10.9. The number of anilines is 2. The zero-order chi connectivity index (χ0) is 13.0. The summed E-state index contributed by atoms with van der Waals surface area (Å²) in [5, 5.41) is 13.2. The molecule has 0 fully saturated rings. The molecule has 0 spiro atoms. The molecular weight excluding hydrogens is 252 g/mol. The van der Waals surface area contributed by atoms with Gasteiger partial charge < -0.3 is 16.2 Å². The van der Waals surface area contributed by atoms with E-state index in [0.717, 1.165) is 5.56 Å². The maximum absolute atomic E-state index is 9.95. The molecule has 0 aliphatic heterocycles. The Balaban J connectivity index is 1.99. The molecule has 2 rings (SSSR count). The van der Waals surface area contributed by atoms with Crippen molar-refractivity contribution in [2.24, 2.45) is 0 Å². The van der Waals surface area contributed by atoms with Crippen molar-refractivity contribution < 1.29 is 5.11 Å². The molecule has 0 radical (unpaired) electrons. The van der Waals surface area contributed by atoms with Crippen LogP contribution in [0.5, 0.6) is 0 Å². The van der Waals surface area contributed by atoms with E-state index in [1.165, 1.54) is 0 Å². The Kier molecular flexibility index (Phi) is 3.96. The van der Waals surface area contributed by atoms with Crippen molar-refractivity contribution in [3.8, 4) is 0 Å². The fourth-order valence-electron chi connectivity index (χ4n) is 1.52. The van der Waals surface area contributed by atoms with E-state index in [4.69, 9.17) is 17.3 Å². The number of nitrogens with two attached hydrogens (primary N) is 1. The lowest BCUT2D eigenvalue weighted by Crippen LogP contribution is -2.13. The van der Waals surface area contributed by atoms with E-state index >= 15 is 0 Å². The first kappa shape index (κ1) is 12.6. The zero-order valence-electron chi connectivity index (χ0n) is 9.55. The Morgan fingerprint density at radius 1 is 1.28 bits per heavy atom. The number of aliphatic hydroxyl groups excluding tert-OH is 1. The van der Waals surface area contributed by atoms with Crippen LogP contribution in [0.4, 0.5) is 11.8 Å². The molecule has 1 aromatic heterocycles. The maximum atomic E-state index is 9.95. The van der Waals surface area contributed by atoms with Crippen LogP contribution in [-0.2, 0) is 0 Å². The van der Waals surface area contributed by atoms with Crippen LogP contribution in [0.2, 0.25) is 5.15 Å². The molecule has 0 saturated heterocycles. The summed E-state index contributed by atoms with van der Waals surface area (Å²) in [4.78, 5) is 7.71. The number of aromatic nitrogens is 2. The molecule has 18 heavy (non-hydrogen) atoms. The molecule has 6 heteroatoms. The van der Waals surface area contributed by atoms with Gasteiger partial charge in [0.1, 0.15) is 11.0 Å². The third-order valence-corrected chi connectivity index (χ3v) is 2.57. The number of benzene rings is 1. The molecule has 0 bridgehead atoms. The Bertz CT molecular complexity index is 500. The van der Waals surface area contributed by atoms with E-state index in [-0.39, 0.29) is 11.1 Å². The van der Waals surface area contributed by atoms with Gasteiger partial charge >= 0.3 is 0 Å². The van der Waals surface area contributed by atoms with Crippen molar-refractivity contribution in [2.75, 3.05) is 17.6 Å². The second kappa shape index (κ2) is 5.66. The molecule has 5 nitrogen and oxygen atoms in total. The number of nitrogen functional groups attached to an aromatic ring is 1. The van der Waals surface area contributed by atoms with Crippen LogP contribution in [-0.4, -0.2) is 21.6 Å². The number of halogens is 1. The van der Waals surface area contributed by atoms with Crippen molar-refractivity contribution in [2.45, 2.75) is 6.10 Å². The number of rotatable bonds is 4. The van der Waals surface area contributed by atoms with Gasteiger partial charge in [-0.25, -0.2) is 4.98 Å². The summed E-state index contributed by atoms with van der Waals surface area (Å²) in [7, 11) is 0. The minimum Gasteiger partial charge on any atom is -0.387 e. The standard InChI is InChI=1S/C12H13ClN4O/c13-10-6-11(17-12(14)16-10)15-7-9(18)8-4-2-1-3-5-8/h1-6,9,18H,7H2,(H3,14,15,16,17)/t9-/m1/s1. The third kappa shape index (κ3) is 3.32. The molecule has 0 unspecified atom stereocenters. The molecular formula is C12H13ClN4O. The van der Waals surface area contributed by atoms with Gasteiger partial charge in [-0.3, -0.25) is 0 Å². The first-order valence-corrected chi connectivity index (χ1v) is 5.80. The van der Waals surface area contributed by atoms with E-state index < -0.39 is 6.10 Å². The van der Waals surface area contributed by atoms with Crippen molar-refractivity contribution in [1.82, 2.24) is 9.97 Å². The molecule has 4 N–H and O–H groups in total. The van der Waals surface area contributed by atoms with Crippen molar-refractivity contribution in [3.05, 3.63) is 47.1 Å². The Morgan fingerprint density at radius 2 is 2.00 bits per heavy atom. The van der Waals surface area contributed by atoms with Crippen molar-refractivity contribution in [1.29, 1.82) is 0 Å². The van der Waals surface area contributed by atoms with E-state index in [1.807, 2.05) is 30.3 Å². The Hall–Kier alpha value is -1.85. The van der Waals surface area contributed by atoms with E-state index in [2.05, 4.69) is 15.3 Å². The van der Waals surface area contributed by atoms with Crippen molar-refractivity contribution >= 4 is 23.4 Å². The second-order valence-corrected chi connectivity index (χ2v) is 4.13. The normalized spacial score (nSPS) is 12.1. The largest absolute Gasteiger partial charge is 0.387 e. The van der Waals surface area contributed by atoms with Gasteiger partial charge in [-0.2, -0.15) is 4.98 Å². The first-order chi connectivity index (χ1) is 8.65. The van der Waals surface area contributed by atoms with Crippen molar-refractivity contribution in [3.63, 3.8) is 0 Å². The van der Waals surface area contributed by atoms with Crippen LogP contribution in [0.25, 0.3) is 0 Å². The molecule has 1 heterocycles. The number of hydrogen-bond acceptors (Lipinski definition) is 5. The maximum Gasteiger partial charge on any atom is 0.223 e. The molecule has 1 atom stereocenters. The van der Waals surface area contributed by atoms with E-state index in [1.54, 1.807) is 6.07 Å². The number of hydrogen-bond donors (Lipinski definition) is 3. The fourth-order valence-corrected chi connectivity index (χ4v) is 1.71. The van der Waals surface area contributed by atoms with Crippen LogP contribution in [0, 0.1) is 0 Å². The highest BCUT2D eigenvalue weighted by Gasteiger charge is 2.07. The predicted octanol–water partition coefficient (Wildman–Crippen LogP) is 1.86. The molecule has 0 amide bonds. The van der Waals surface area contributed by atoms with E-state index in [9.17, 15) is 5.11 Å². The SMILES string of the molecule is Nc1nc(Cl)cc(NC[C@@H](O)c2ccccc2)n1. The fraction of sp³-hybridized carbons (Fsp3) is 0.167. The average molecular weight is 265 g/mol. The third-order valence-electron chi connectivity index (χ3n) is 2.37. The van der Waals surface area contributed by atoms with Crippen LogP contribution in [0.3, 0.4) is 0 Å². The topological polar surface area (TPSA) is 84.1 Å². The number of nitrogens with one attached hydrogen (secondary N) is 1. The monoisotopic (exact) mass is 264 g/mol. The molecule has 0 saturated carbocycles. The summed E-state index contributed by atoms with van der Waals surface area (Å²) < 4.78 is 0. The van der Waals surface area contributed by atoms with Gasteiger partial charge in [-0.1, -0.05) is 41.9 Å². The molecule has 1 aromatic carbocycles. The van der Waals surface area contributed by atoms with Gasteiger partial charge in [-0.15, -0.1) is 0 Å². The lowest BCUT2D eigenvalue weighted by Gasteiger charge is -2.12. The van der Waals surface area contributed by atoms with Gasteiger partial charge in [0.25, 0.3) is 0 Å². The number of nitrogens with zero attached hydrogens (tertiary/aromatic N) is 2.